The molecule has 7 nitrogen and oxygen atoms in total. The molecule has 0 saturated carbocycles. The standard InChI is InChI=1S/C15H24N4O3/c1-11(2)13-9-15(22-17-13)16-14(21)10-18-5-4-6-19(8-7-18)12(3)20/h9,11H,4-8,10H2,1-3H3,(H,16,21). The van der Waals surface area contributed by atoms with Gasteiger partial charge in [0.1, 0.15) is 0 Å². The third-order valence-corrected chi connectivity index (χ3v) is 3.78. The summed E-state index contributed by atoms with van der Waals surface area (Å²) in [7, 11) is 0. The molecule has 2 rings (SSSR count). The van der Waals surface area contributed by atoms with Crippen LogP contribution in [0.2, 0.25) is 0 Å². The summed E-state index contributed by atoms with van der Waals surface area (Å²) in [6.45, 7) is 8.85. The monoisotopic (exact) mass is 308 g/mol. The highest BCUT2D eigenvalue weighted by molar-refractivity contribution is 5.91. The van der Waals surface area contributed by atoms with Crippen LogP contribution in [0, 0.1) is 0 Å². The van der Waals surface area contributed by atoms with Crippen LogP contribution in [-0.2, 0) is 9.59 Å². The first-order valence-corrected chi connectivity index (χ1v) is 7.70. The summed E-state index contributed by atoms with van der Waals surface area (Å²) < 4.78 is 5.11. The molecule has 122 valence electrons. The van der Waals surface area contributed by atoms with Crippen LogP contribution in [-0.4, -0.2) is 59.5 Å². The Hall–Kier alpha value is -1.89. The Kier molecular flexibility index (Phi) is 5.54. The zero-order valence-electron chi connectivity index (χ0n) is 13.5. The minimum Gasteiger partial charge on any atom is -0.342 e. The second-order valence-electron chi connectivity index (χ2n) is 5.95. The van der Waals surface area contributed by atoms with Gasteiger partial charge in [-0.15, -0.1) is 0 Å². The van der Waals surface area contributed by atoms with Gasteiger partial charge in [-0.2, -0.15) is 0 Å². The molecular weight excluding hydrogens is 284 g/mol. The number of aromatic nitrogens is 1. The third-order valence-electron chi connectivity index (χ3n) is 3.78. The Morgan fingerprint density at radius 1 is 1.32 bits per heavy atom. The maximum absolute atomic E-state index is 12.1. The van der Waals surface area contributed by atoms with Gasteiger partial charge in [-0.3, -0.25) is 19.8 Å². The Morgan fingerprint density at radius 3 is 2.73 bits per heavy atom. The first-order valence-electron chi connectivity index (χ1n) is 7.70. The van der Waals surface area contributed by atoms with E-state index in [1.807, 2.05) is 18.7 Å². The van der Waals surface area contributed by atoms with Crippen LogP contribution in [0.25, 0.3) is 0 Å². The van der Waals surface area contributed by atoms with E-state index < -0.39 is 0 Å². The highest BCUT2D eigenvalue weighted by Gasteiger charge is 2.19. The molecule has 0 unspecified atom stereocenters. The summed E-state index contributed by atoms with van der Waals surface area (Å²) in [5, 5.41) is 6.64. The Morgan fingerprint density at radius 2 is 2.09 bits per heavy atom. The summed E-state index contributed by atoms with van der Waals surface area (Å²) in [5.41, 5.74) is 0.821. The van der Waals surface area contributed by atoms with Gasteiger partial charge in [0.05, 0.1) is 12.2 Å². The van der Waals surface area contributed by atoms with Crippen LogP contribution in [0.15, 0.2) is 10.6 Å². The number of hydrogen-bond donors (Lipinski definition) is 1. The minimum absolute atomic E-state index is 0.0918. The molecule has 1 N–H and O–H groups in total. The van der Waals surface area contributed by atoms with Crippen LogP contribution in [0.4, 0.5) is 5.88 Å². The predicted molar refractivity (Wildman–Crippen MR) is 82.5 cm³/mol. The topological polar surface area (TPSA) is 78.7 Å². The molecule has 2 amide bonds. The fraction of sp³-hybridized carbons (Fsp3) is 0.667. The molecule has 1 saturated heterocycles. The highest BCUT2D eigenvalue weighted by Crippen LogP contribution is 2.17. The Labute approximate surface area is 130 Å². The number of carbonyl (C=O) groups is 2. The van der Waals surface area contributed by atoms with E-state index in [0.29, 0.717) is 25.5 Å². The molecule has 0 spiro atoms. The van der Waals surface area contributed by atoms with Gasteiger partial charge < -0.3 is 9.42 Å². The van der Waals surface area contributed by atoms with Gasteiger partial charge in [0.2, 0.25) is 17.7 Å². The molecule has 0 bridgehead atoms. The quantitative estimate of drug-likeness (QED) is 0.907. The van der Waals surface area contributed by atoms with Crippen LogP contribution < -0.4 is 5.32 Å². The van der Waals surface area contributed by atoms with E-state index in [1.165, 1.54) is 0 Å². The Balaban J connectivity index is 1.82. The van der Waals surface area contributed by atoms with Crippen LogP contribution in [0.1, 0.15) is 38.8 Å². The van der Waals surface area contributed by atoms with Gasteiger partial charge in [0.15, 0.2) is 0 Å². The normalized spacial score (nSPS) is 16.6. The molecule has 7 heteroatoms. The summed E-state index contributed by atoms with van der Waals surface area (Å²) in [4.78, 5) is 27.3. The molecule has 1 fully saturated rings. The van der Waals surface area contributed by atoms with Gasteiger partial charge >= 0.3 is 0 Å². The molecule has 1 aliphatic heterocycles. The van der Waals surface area contributed by atoms with Gasteiger partial charge in [0, 0.05) is 39.2 Å². The summed E-state index contributed by atoms with van der Waals surface area (Å²) >= 11 is 0. The number of nitrogens with zero attached hydrogens (tertiary/aromatic N) is 3. The van der Waals surface area contributed by atoms with E-state index in [-0.39, 0.29) is 17.7 Å². The molecule has 0 radical (unpaired) electrons. The van der Waals surface area contributed by atoms with Crippen molar-refractivity contribution in [1.82, 2.24) is 15.0 Å². The lowest BCUT2D eigenvalue weighted by Crippen LogP contribution is -2.37. The van der Waals surface area contributed by atoms with Gasteiger partial charge in [-0.1, -0.05) is 19.0 Å². The average Bonchev–Trinajstić information content (AvgIpc) is 2.77. The molecule has 22 heavy (non-hydrogen) atoms. The van der Waals surface area contributed by atoms with Crippen molar-refractivity contribution in [3.05, 3.63) is 11.8 Å². The molecule has 1 aliphatic rings. The maximum atomic E-state index is 12.1. The van der Waals surface area contributed by atoms with E-state index in [2.05, 4.69) is 15.4 Å². The number of hydrogen-bond acceptors (Lipinski definition) is 5. The smallest absolute Gasteiger partial charge is 0.240 e. The second kappa shape index (κ2) is 7.40. The van der Waals surface area contributed by atoms with E-state index in [9.17, 15) is 9.59 Å². The Bertz CT molecular complexity index is 527. The van der Waals surface area contributed by atoms with E-state index >= 15 is 0 Å². The van der Waals surface area contributed by atoms with E-state index in [4.69, 9.17) is 4.52 Å². The number of rotatable bonds is 4. The first-order chi connectivity index (χ1) is 10.5. The van der Waals surface area contributed by atoms with Crippen LogP contribution in [0.5, 0.6) is 0 Å². The predicted octanol–water partition coefficient (Wildman–Crippen LogP) is 1.29. The molecule has 1 aromatic heterocycles. The van der Waals surface area contributed by atoms with Crippen molar-refractivity contribution in [2.75, 3.05) is 38.0 Å². The average molecular weight is 308 g/mol. The lowest BCUT2D eigenvalue weighted by molar-refractivity contribution is -0.128. The maximum Gasteiger partial charge on any atom is 0.240 e. The van der Waals surface area contributed by atoms with Crippen molar-refractivity contribution in [3.8, 4) is 0 Å². The summed E-state index contributed by atoms with van der Waals surface area (Å²) in [6.07, 6.45) is 0.882. The van der Waals surface area contributed by atoms with Crippen LogP contribution >= 0.6 is 0 Å². The molecular formula is C15H24N4O3. The van der Waals surface area contributed by atoms with Crippen molar-refractivity contribution >= 4 is 17.7 Å². The molecule has 0 atom stereocenters. The summed E-state index contributed by atoms with van der Waals surface area (Å²) in [6, 6.07) is 1.75. The first kappa shape index (κ1) is 16.5. The van der Waals surface area contributed by atoms with Gasteiger partial charge in [-0.05, 0) is 12.3 Å². The van der Waals surface area contributed by atoms with Crippen molar-refractivity contribution in [1.29, 1.82) is 0 Å². The van der Waals surface area contributed by atoms with E-state index in [0.717, 1.165) is 25.2 Å². The molecule has 0 aromatic carbocycles. The lowest BCUT2D eigenvalue weighted by atomic mass is 10.1. The van der Waals surface area contributed by atoms with E-state index in [1.54, 1.807) is 13.0 Å². The largest absolute Gasteiger partial charge is 0.342 e. The van der Waals surface area contributed by atoms with Gasteiger partial charge in [0.25, 0.3) is 0 Å². The molecule has 0 aliphatic carbocycles. The fourth-order valence-electron chi connectivity index (χ4n) is 2.44. The minimum atomic E-state index is -0.122. The number of nitrogens with one attached hydrogen (secondary N) is 1. The van der Waals surface area contributed by atoms with Crippen molar-refractivity contribution < 1.29 is 14.1 Å². The SMILES string of the molecule is CC(=O)N1CCCN(CC(=O)Nc2cc(C(C)C)no2)CC1. The number of anilines is 1. The zero-order valence-corrected chi connectivity index (χ0v) is 13.5. The number of amides is 2. The van der Waals surface area contributed by atoms with Crippen molar-refractivity contribution in [3.63, 3.8) is 0 Å². The van der Waals surface area contributed by atoms with Gasteiger partial charge in [-0.25, -0.2) is 0 Å². The summed E-state index contributed by atoms with van der Waals surface area (Å²) in [5.74, 6) is 0.614. The molecule has 2 heterocycles. The third kappa shape index (κ3) is 4.56. The lowest BCUT2D eigenvalue weighted by Gasteiger charge is -2.20. The van der Waals surface area contributed by atoms with Crippen molar-refractivity contribution in [2.45, 2.75) is 33.1 Å². The fourth-order valence-corrected chi connectivity index (χ4v) is 2.44. The second-order valence-corrected chi connectivity index (χ2v) is 5.95. The van der Waals surface area contributed by atoms with Crippen molar-refractivity contribution in [2.24, 2.45) is 0 Å². The zero-order chi connectivity index (χ0) is 16.1. The highest BCUT2D eigenvalue weighted by atomic mass is 16.5. The van der Waals surface area contributed by atoms with Crippen LogP contribution in [0.3, 0.4) is 0 Å². The number of carbonyl (C=O) groups excluding carboxylic acids is 2. The molecule has 1 aromatic rings.